The lowest BCUT2D eigenvalue weighted by Gasteiger charge is -2.10. The molecule has 0 unspecified atom stereocenters. The zero-order valence-corrected chi connectivity index (χ0v) is 11.9. The van der Waals surface area contributed by atoms with Gasteiger partial charge >= 0.3 is 0 Å². The highest BCUT2D eigenvalue weighted by atomic mass is 35.5. The molecule has 0 aliphatic heterocycles. The predicted octanol–water partition coefficient (Wildman–Crippen LogP) is 4.60. The third-order valence-corrected chi connectivity index (χ3v) is 4.23. The van der Waals surface area contributed by atoms with E-state index >= 15 is 0 Å². The molecule has 0 spiro atoms. The third-order valence-electron chi connectivity index (χ3n) is 2.59. The Hall–Kier alpha value is -0.960. The Morgan fingerprint density at radius 2 is 1.67 bits per heavy atom. The molecule has 0 saturated heterocycles. The van der Waals surface area contributed by atoms with E-state index in [1.807, 2.05) is 18.2 Å². The first-order chi connectivity index (χ1) is 8.81. The quantitative estimate of drug-likeness (QED) is 0.857. The summed E-state index contributed by atoms with van der Waals surface area (Å²) in [4.78, 5) is 2.36. The molecule has 0 fully saturated rings. The van der Waals surface area contributed by atoms with Gasteiger partial charge in [0, 0.05) is 16.3 Å². The molecule has 0 atom stereocenters. The number of benzene rings is 2. The fourth-order valence-electron chi connectivity index (χ4n) is 1.66. The van der Waals surface area contributed by atoms with Gasteiger partial charge in [-0.3, -0.25) is 0 Å². The zero-order chi connectivity index (χ0) is 12.8. The highest BCUT2D eigenvalue weighted by Crippen LogP contribution is 2.34. The SMILES string of the molecule is CCNCc1ccccc1Sc1ccccc1Cl. The number of rotatable bonds is 5. The molecular weight excluding hydrogens is 262 g/mol. The lowest BCUT2D eigenvalue weighted by atomic mass is 10.2. The normalized spacial score (nSPS) is 10.6. The van der Waals surface area contributed by atoms with Crippen molar-refractivity contribution in [3.63, 3.8) is 0 Å². The maximum Gasteiger partial charge on any atom is 0.0545 e. The van der Waals surface area contributed by atoms with Crippen LogP contribution in [0.25, 0.3) is 0 Å². The van der Waals surface area contributed by atoms with Crippen molar-refractivity contribution in [1.29, 1.82) is 0 Å². The predicted molar refractivity (Wildman–Crippen MR) is 79.4 cm³/mol. The summed E-state index contributed by atoms with van der Waals surface area (Å²) in [5.74, 6) is 0. The molecule has 18 heavy (non-hydrogen) atoms. The molecule has 0 aromatic heterocycles. The molecular formula is C15H16ClNS. The Morgan fingerprint density at radius 3 is 2.39 bits per heavy atom. The van der Waals surface area contributed by atoms with Crippen LogP contribution < -0.4 is 5.32 Å². The largest absolute Gasteiger partial charge is 0.313 e. The van der Waals surface area contributed by atoms with Crippen LogP contribution in [0.2, 0.25) is 5.02 Å². The fraction of sp³-hybridized carbons (Fsp3) is 0.200. The molecule has 94 valence electrons. The van der Waals surface area contributed by atoms with E-state index in [1.54, 1.807) is 11.8 Å². The fourth-order valence-corrected chi connectivity index (χ4v) is 2.87. The van der Waals surface area contributed by atoms with Crippen LogP contribution in [0, 0.1) is 0 Å². The molecule has 1 N–H and O–H groups in total. The van der Waals surface area contributed by atoms with Crippen LogP contribution in [0.5, 0.6) is 0 Å². The van der Waals surface area contributed by atoms with Crippen LogP contribution in [-0.2, 0) is 6.54 Å². The molecule has 0 aliphatic carbocycles. The van der Waals surface area contributed by atoms with Gasteiger partial charge in [-0.25, -0.2) is 0 Å². The summed E-state index contributed by atoms with van der Waals surface area (Å²) in [6, 6.07) is 16.4. The summed E-state index contributed by atoms with van der Waals surface area (Å²) in [5, 5.41) is 4.17. The van der Waals surface area contributed by atoms with E-state index in [-0.39, 0.29) is 0 Å². The molecule has 0 radical (unpaired) electrons. The molecule has 0 heterocycles. The van der Waals surface area contributed by atoms with Crippen molar-refractivity contribution in [2.24, 2.45) is 0 Å². The summed E-state index contributed by atoms with van der Waals surface area (Å²) in [5.41, 5.74) is 1.31. The van der Waals surface area contributed by atoms with Gasteiger partial charge in [-0.05, 0) is 30.3 Å². The van der Waals surface area contributed by atoms with E-state index in [1.165, 1.54) is 10.5 Å². The van der Waals surface area contributed by atoms with E-state index in [2.05, 4.69) is 42.6 Å². The number of nitrogens with one attached hydrogen (secondary N) is 1. The first kappa shape index (κ1) is 13.5. The van der Waals surface area contributed by atoms with Gasteiger partial charge in [-0.1, -0.05) is 60.6 Å². The van der Waals surface area contributed by atoms with Gasteiger partial charge in [0.05, 0.1) is 5.02 Å². The Balaban J connectivity index is 2.21. The maximum absolute atomic E-state index is 6.19. The van der Waals surface area contributed by atoms with Crippen LogP contribution >= 0.6 is 23.4 Å². The summed E-state index contributed by atoms with van der Waals surface area (Å²) in [6.45, 7) is 3.99. The topological polar surface area (TPSA) is 12.0 Å². The van der Waals surface area contributed by atoms with E-state index in [0.717, 1.165) is 23.0 Å². The third kappa shape index (κ3) is 3.52. The first-order valence-corrected chi connectivity index (χ1v) is 7.21. The van der Waals surface area contributed by atoms with E-state index in [9.17, 15) is 0 Å². The average Bonchev–Trinajstić information content (AvgIpc) is 2.40. The Morgan fingerprint density at radius 1 is 1.00 bits per heavy atom. The smallest absolute Gasteiger partial charge is 0.0545 e. The van der Waals surface area contributed by atoms with Crippen molar-refractivity contribution in [3.05, 3.63) is 59.1 Å². The Bertz CT molecular complexity index is 513. The summed E-state index contributed by atoms with van der Waals surface area (Å²) >= 11 is 7.91. The number of hydrogen-bond donors (Lipinski definition) is 1. The van der Waals surface area contributed by atoms with Crippen molar-refractivity contribution in [2.75, 3.05) is 6.54 Å². The molecule has 2 aromatic carbocycles. The highest BCUT2D eigenvalue weighted by molar-refractivity contribution is 7.99. The average molecular weight is 278 g/mol. The Labute approximate surface area is 118 Å². The van der Waals surface area contributed by atoms with E-state index in [0.29, 0.717) is 0 Å². The molecule has 2 aromatic rings. The summed E-state index contributed by atoms with van der Waals surface area (Å²) < 4.78 is 0. The van der Waals surface area contributed by atoms with Gasteiger partial charge in [-0.15, -0.1) is 0 Å². The molecule has 3 heteroatoms. The standard InChI is InChI=1S/C15H16ClNS/c1-2-17-11-12-7-3-5-9-14(12)18-15-10-6-4-8-13(15)16/h3-10,17H,2,11H2,1H3. The molecule has 1 nitrogen and oxygen atoms in total. The molecule has 2 rings (SSSR count). The van der Waals surface area contributed by atoms with Crippen LogP contribution in [0.15, 0.2) is 58.3 Å². The van der Waals surface area contributed by atoms with Gasteiger partial charge < -0.3 is 5.32 Å². The highest BCUT2D eigenvalue weighted by Gasteiger charge is 2.05. The van der Waals surface area contributed by atoms with Gasteiger partial charge in [0.1, 0.15) is 0 Å². The second-order valence-corrected chi connectivity index (χ2v) is 5.41. The number of hydrogen-bond acceptors (Lipinski definition) is 2. The van der Waals surface area contributed by atoms with Crippen LogP contribution in [0.1, 0.15) is 12.5 Å². The van der Waals surface area contributed by atoms with E-state index < -0.39 is 0 Å². The summed E-state index contributed by atoms with van der Waals surface area (Å²) in [7, 11) is 0. The summed E-state index contributed by atoms with van der Waals surface area (Å²) in [6.07, 6.45) is 0. The minimum atomic E-state index is 0.806. The minimum absolute atomic E-state index is 0.806. The van der Waals surface area contributed by atoms with Gasteiger partial charge in [0.2, 0.25) is 0 Å². The molecule has 0 amide bonds. The lowest BCUT2D eigenvalue weighted by Crippen LogP contribution is -2.12. The second-order valence-electron chi connectivity index (χ2n) is 3.92. The van der Waals surface area contributed by atoms with Crippen molar-refractivity contribution < 1.29 is 0 Å². The molecule has 0 aliphatic rings. The van der Waals surface area contributed by atoms with Crippen LogP contribution in [0.3, 0.4) is 0 Å². The van der Waals surface area contributed by atoms with Gasteiger partial charge in [-0.2, -0.15) is 0 Å². The van der Waals surface area contributed by atoms with Gasteiger partial charge in [0.15, 0.2) is 0 Å². The van der Waals surface area contributed by atoms with Crippen molar-refractivity contribution >= 4 is 23.4 Å². The van der Waals surface area contributed by atoms with Crippen molar-refractivity contribution in [2.45, 2.75) is 23.3 Å². The monoisotopic (exact) mass is 277 g/mol. The van der Waals surface area contributed by atoms with Crippen LogP contribution in [-0.4, -0.2) is 6.54 Å². The lowest BCUT2D eigenvalue weighted by molar-refractivity contribution is 0.718. The second kappa shape index (κ2) is 6.83. The van der Waals surface area contributed by atoms with E-state index in [4.69, 9.17) is 11.6 Å². The van der Waals surface area contributed by atoms with Crippen LogP contribution in [0.4, 0.5) is 0 Å². The van der Waals surface area contributed by atoms with Gasteiger partial charge in [0.25, 0.3) is 0 Å². The molecule has 0 bridgehead atoms. The minimum Gasteiger partial charge on any atom is -0.313 e. The zero-order valence-electron chi connectivity index (χ0n) is 10.3. The number of halogens is 1. The molecule has 0 saturated carbocycles. The Kier molecular flexibility index (Phi) is 5.12. The maximum atomic E-state index is 6.19. The first-order valence-electron chi connectivity index (χ1n) is 6.02. The van der Waals surface area contributed by atoms with Crippen molar-refractivity contribution in [3.8, 4) is 0 Å². The van der Waals surface area contributed by atoms with Crippen molar-refractivity contribution in [1.82, 2.24) is 5.32 Å².